The van der Waals surface area contributed by atoms with Crippen LogP contribution < -0.4 is 0 Å². The van der Waals surface area contributed by atoms with Crippen LogP contribution in [0.4, 0.5) is 0 Å². The van der Waals surface area contributed by atoms with E-state index in [2.05, 4.69) is 22.9 Å². The minimum absolute atomic E-state index is 0.570. The number of hydrogen-bond acceptors (Lipinski definition) is 0. The molecule has 0 saturated heterocycles. The predicted molar refractivity (Wildman–Crippen MR) is 50.1 cm³/mol. The Hall–Kier alpha value is -0.000519. The van der Waals surface area contributed by atoms with Gasteiger partial charge in [-0.3, -0.25) is 0 Å². The number of hydrogen-bond donors (Lipinski definition) is 0. The van der Waals surface area contributed by atoms with Crippen molar-refractivity contribution in [1.82, 2.24) is 0 Å². The molecule has 61 valence electrons. The standard InChI is InChI=1S/C10H15Se/c1-2-3-4-5-6-10-7-8-11-9-10/h7-8H,2-6H2,1H3. The Labute approximate surface area is 75.4 Å². The SMILES string of the molecule is CCCCCCc1[c][se]cc1. The molecule has 11 heavy (non-hydrogen) atoms. The van der Waals surface area contributed by atoms with E-state index in [4.69, 9.17) is 0 Å². The van der Waals surface area contributed by atoms with Crippen molar-refractivity contribution in [2.45, 2.75) is 39.0 Å². The molecule has 0 N–H and O–H groups in total. The van der Waals surface area contributed by atoms with Crippen molar-refractivity contribution in [3.05, 3.63) is 21.5 Å². The fourth-order valence-electron chi connectivity index (χ4n) is 1.14. The molecule has 0 atom stereocenters. The van der Waals surface area contributed by atoms with Crippen LogP contribution in [0.2, 0.25) is 0 Å². The van der Waals surface area contributed by atoms with Crippen LogP contribution in [0.25, 0.3) is 0 Å². The third-order valence-electron chi connectivity index (χ3n) is 1.83. The minimum atomic E-state index is 0.570. The zero-order valence-electron chi connectivity index (χ0n) is 7.10. The van der Waals surface area contributed by atoms with Gasteiger partial charge in [-0.2, -0.15) is 0 Å². The van der Waals surface area contributed by atoms with Crippen LogP contribution in [-0.4, -0.2) is 14.5 Å². The van der Waals surface area contributed by atoms with E-state index >= 15 is 0 Å². The van der Waals surface area contributed by atoms with Crippen molar-refractivity contribution in [2.75, 3.05) is 0 Å². The summed E-state index contributed by atoms with van der Waals surface area (Å²) in [4.78, 5) is 5.65. The van der Waals surface area contributed by atoms with E-state index < -0.39 is 0 Å². The zero-order valence-corrected chi connectivity index (χ0v) is 8.81. The van der Waals surface area contributed by atoms with E-state index in [0.29, 0.717) is 14.5 Å². The molecule has 0 nitrogen and oxygen atoms in total. The Morgan fingerprint density at radius 1 is 1.36 bits per heavy atom. The normalized spacial score (nSPS) is 10.3. The van der Waals surface area contributed by atoms with E-state index in [9.17, 15) is 0 Å². The predicted octanol–water partition coefficient (Wildman–Crippen LogP) is 2.67. The third kappa shape index (κ3) is 3.79. The van der Waals surface area contributed by atoms with Crippen LogP contribution in [0.1, 0.15) is 38.2 Å². The summed E-state index contributed by atoms with van der Waals surface area (Å²) in [6, 6.07) is 2.24. The molecule has 0 amide bonds. The molecule has 0 aromatic carbocycles. The van der Waals surface area contributed by atoms with Crippen molar-refractivity contribution in [2.24, 2.45) is 0 Å². The average Bonchev–Trinajstić information content (AvgIpc) is 2.50. The fraction of sp³-hybridized carbons (Fsp3) is 0.600. The first-order valence-corrected chi connectivity index (χ1v) is 6.22. The third-order valence-corrected chi connectivity index (χ3v) is 3.20. The van der Waals surface area contributed by atoms with Crippen LogP contribution in [0, 0.1) is 4.94 Å². The molecule has 1 heteroatoms. The monoisotopic (exact) mass is 215 g/mol. The van der Waals surface area contributed by atoms with Gasteiger partial charge in [0.05, 0.1) is 0 Å². The van der Waals surface area contributed by atoms with Gasteiger partial charge >= 0.3 is 75.0 Å². The van der Waals surface area contributed by atoms with Crippen LogP contribution in [-0.2, 0) is 6.42 Å². The second-order valence-electron chi connectivity index (χ2n) is 2.86. The van der Waals surface area contributed by atoms with Crippen molar-refractivity contribution in [1.29, 1.82) is 0 Å². The summed E-state index contributed by atoms with van der Waals surface area (Å²) < 4.78 is 0. The van der Waals surface area contributed by atoms with E-state index in [1.54, 1.807) is 0 Å². The maximum absolute atomic E-state index is 3.40. The van der Waals surface area contributed by atoms with Gasteiger partial charge in [-0.05, 0) is 0 Å². The summed E-state index contributed by atoms with van der Waals surface area (Å²) in [6.07, 6.45) is 6.74. The van der Waals surface area contributed by atoms with E-state index in [1.807, 2.05) is 0 Å². The molecule has 1 rings (SSSR count). The molecule has 0 unspecified atom stereocenters. The summed E-state index contributed by atoms with van der Waals surface area (Å²) in [5.41, 5.74) is 1.46. The van der Waals surface area contributed by atoms with Crippen molar-refractivity contribution >= 4 is 14.5 Å². The van der Waals surface area contributed by atoms with Gasteiger partial charge in [0.1, 0.15) is 0 Å². The summed E-state index contributed by atoms with van der Waals surface area (Å²) in [5.74, 6) is 0. The van der Waals surface area contributed by atoms with Gasteiger partial charge in [0.15, 0.2) is 0 Å². The Morgan fingerprint density at radius 3 is 2.91 bits per heavy atom. The second-order valence-corrected chi connectivity index (χ2v) is 4.35. The molecule has 1 aromatic rings. The van der Waals surface area contributed by atoms with Crippen LogP contribution >= 0.6 is 0 Å². The first-order chi connectivity index (χ1) is 5.43. The van der Waals surface area contributed by atoms with E-state index in [1.165, 1.54) is 37.7 Å². The van der Waals surface area contributed by atoms with Crippen LogP contribution in [0.5, 0.6) is 0 Å². The molecule has 0 aliphatic heterocycles. The van der Waals surface area contributed by atoms with Gasteiger partial charge in [-0.1, -0.05) is 0 Å². The molecular formula is C10H15Se. The number of unbranched alkanes of at least 4 members (excludes halogenated alkanes) is 3. The molecule has 1 radical (unpaired) electrons. The fourth-order valence-corrected chi connectivity index (χ4v) is 2.44. The molecule has 0 saturated carbocycles. The topological polar surface area (TPSA) is 0 Å². The summed E-state index contributed by atoms with van der Waals surface area (Å²) in [5, 5.41) is 0. The van der Waals surface area contributed by atoms with Gasteiger partial charge in [-0.25, -0.2) is 0 Å². The van der Waals surface area contributed by atoms with Gasteiger partial charge in [0.2, 0.25) is 0 Å². The quantitative estimate of drug-likeness (QED) is 0.522. The summed E-state index contributed by atoms with van der Waals surface area (Å²) >= 11 is 0.570. The molecule has 1 heterocycles. The van der Waals surface area contributed by atoms with Crippen molar-refractivity contribution in [3.63, 3.8) is 0 Å². The van der Waals surface area contributed by atoms with Crippen molar-refractivity contribution in [3.8, 4) is 0 Å². The summed E-state index contributed by atoms with van der Waals surface area (Å²) in [6.45, 7) is 2.25. The van der Waals surface area contributed by atoms with Gasteiger partial charge in [0, 0.05) is 0 Å². The van der Waals surface area contributed by atoms with E-state index in [-0.39, 0.29) is 0 Å². The molecule has 1 aromatic heterocycles. The van der Waals surface area contributed by atoms with Gasteiger partial charge < -0.3 is 0 Å². The Balaban J connectivity index is 2.04. The molecular weight excluding hydrogens is 199 g/mol. The van der Waals surface area contributed by atoms with Gasteiger partial charge in [-0.15, -0.1) is 0 Å². The van der Waals surface area contributed by atoms with E-state index in [0.717, 1.165) is 0 Å². The second kappa shape index (κ2) is 5.62. The van der Waals surface area contributed by atoms with Crippen LogP contribution in [0.3, 0.4) is 0 Å². The zero-order chi connectivity index (χ0) is 7.94. The van der Waals surface area contributed by atoms with Crippen LogP contribution in [0.15, 0.2) is 11.0 Å². The Morgan fingerprint density at radius 2 is 2.27 bits per heavy atom. The molecule has 0 fully saturated rings. The summed E-state index contributed by atoms with van der Waals surface area (Å²) in [7, 11) is 0. The van der Waals surface area contributed by atoms with Gasteiger partial charge in [0.25, 0.3) is 0 Å². The number of aryl methyl sites for hydroxylation is 1. The first kappa shape index (κ1) is 9.09. The Bertz CT molecular complexity index is 165. The molecule has 0 bridgehead atoms. The molecule has 0 aliphatic rings. The maximum atomic E-state index is 3.40. The molecule has 0 spiro atoms. The first-order valence-electron chi connectivity index (χ1n) is 4.37. The van der Waals surface area contributed by atoms with Crippen molar-refractivity contribution < 1.29 is 0 Å². The molecule has 0 aliphatic carbocycles. The average molecular weight is 214 g/mol. The Kier molecular flexibility index (Phi) is 4.65. The number of rotatable bonds is 5.